The number of amides is 1. The van der Waals surface area contributed by atoms with Gasteiger partial charge in [0.05, 0.1) is 0 Å². The van der Waals surface area contributed by atoms with Crippen molar-refractivity contribution in [3.8, 4) is 5.75 Å². The van der Waals surface area contributed by atoms with Crippen LogP contribution in [0.15, 0.2) is 72.8 Å². The van der Waals surface area contributed by atoms with E-state index in [1.165, 1.54) is 0 Å². The molecular formula is C21H18ClNO2. The molecule has 0 heterocycles. The van der Waals surface area contributed by atoms with E-state index in [1.54, 1.807) is 18.2 Å². The predicted octanol–water partition coefficient (Wildman–Crippen LogP) is 5.48. The fourth-order valence-electron chi connectivity index (χ4n) is 2.43. The summed E-state index contributed by atoms with van der Waals surface area (Å²) < 4.78 is 5.77. The number of benzene rings is 3. The summed E-state index contributed by atoms with van der Waals surface area (Å²) in [7, 11) is 0. The molecule has 0 atom stereocenters. The minimum atomic E-state index is -0.172. The van der Waals surface area contributed by atoms with Gasteiger partial charge in [-0.3, -0.25) is 4.79 Å². The molecule has 0 aromatic heterocycles. The first-order chi connectivity index (χ1) is 12.1. The zero-order chi connectivity index (χ0) is 17.6. The van der Waals surface area contributed by atoms with Gasteiger partial charge in [-0.1, -0.05) is 48.0 Å². The van der Waals surface area contributed by atoms with Gasteiger partial charge in [0.2, 0.25) is 0 Å². The van der Waals surface area contributed by atoms with Crippen LogP contribution >= 0.6 is 11.6 Å². The van der Waals surface area contributed by atoms with Crippen LogP contribution in [0, 0.1) is 6.92 Å². The molecular weight excluding hydrogens is 334 g/mol. The van der Waals surface area contributed by atoms with E-state index in [0.29, 0.717) is 22.9 Å². The summed E-state index contributed by atoms with van der Waals surface area (Å²) in [6.07, 6.45) is 0. The Bertz CT molecular complexity index is 892. The number of rotatable bonds is 5. The van der Waals surface area contributed by atoms with Gasteiger partial charge in [-0.05, 0) is 48.9 Å². The second-order valence-corrected chi connectivity index (χ2v) is 6.14. The molecule has 0 unspecified atom stereocenters. The minimum Gasteiger partial charge on any atom is -0.489 e. The van der Waals surface area contributed by atoms with E-state index in [4.69, 9.17) is 16.3 Å². The number of carbonyl (C=O) groups is 1. The van der Waals surface area contributed by atoms with Gasteiger partial charge in [0.15, 0.2) is 0 Å². The molecule has 3 aromatic carbocycles. The molecule has 0 saturated heterocycles. The summed E-state index contributed by atoms with van der Waals surface area (Å²) in [5.41, 5.74) is 3.30. The van der Waals surface area contributed by atoms with Crippen LogP contribution in [-0.4, -0.2) is 5.91 Å². The number of carbonyl (C=O) groups excluding carboxylic acids is 1. The minimum absolute atomic E-state index is 0.172. The van der Waals surface area contributed by atoms with Crippen LogP contribution in [0.5, 0.6) is 5.75 Å². The lowest BCUT2D eigenvalue weighted by molar-refractivity contribution is 0.102. The van der Waals surface area contributed by atoms with Crippen LogP contribution in [0.2, 0.25) is 5.02 Å². The maximum atomic E-state index is 12.4. The molecule has 0 radical (unpaired) electrons. The van der Waals surface area contributed by atoms with Gasteiger partial charge in [-0.15, -0.1) is 0 Å². The summed E-state index contributed by atoms with van der Waals surface area (Å²) in [5, 5.41) is 3.56. The number of hydrogen-bond donors (Lipinski definition) is 1. The first kappa shape index (κ1) is 17.1. The van der Waals surface area contributed by atoms with Crippen molar-refractivity contribution in [3.63, 3.8) is 0 Å². The van der Waals surface area contributed by atoms with Crippen molar-refractivity contribution in [1.29, 1.82) is 0 Å². The first-order valence-electron chi connectivity index (χ1n) is 7.96. The number of hydrogen-bond acceptors (Lipinski definition) is 2. The smallest absolute Gasteiger partial charge is 0.255 e. The molecule has 126 valence electrons. The molecule has 25 heavy (non-hydrogen) atoms. The molecule has 0 aliphatic rings. The Morgan fingerprint density at radius 3 is 2.60 bits per heavy atom. The Balaban J connectivity index is 1.68. The van der Waals surface area contributed by atoms with Gasteiger partial charge in [-0.25, -0.2) is 0 Å². The summed E-state index contributed by atoms with van der Waals surface area (Å²) >= 11 is 6.13. The van der Waals surface area contributed by atoms with Crippen molar-refractivity contribution in [2.75, 3.05) is 5.32 Å². The third-order valence-corrected chi connectivity index (χ3v) is 4.09. The van der Waals surface area contributed by atoms with Crippen LogP contribution in [0.4, 0.5) is 5.69 Å². The van der Waals surface area contributed by atoms with Gasteiger partial charge in [0, 0.05) is 21.8 Å². The van der Waals surface area contributed by atoms with Crippen molar-refractivity contribution in [2.45, 2.75) is 13.5 Å². The van der Waals surface area contributed by atoms with Crippen molar-refractivity contribution < 1.29 is 9.53 Å². The maximum absolute atomic E-state index is 12.4. The van der Waals surface area contributed by atoms with Crippen molar-refractivity contribution in [1.82, 2.24) is 0 Å². The summed E-state index contributed by atoms with van der Waals surface area (Å²) in [4.78, 5) is 12.4. The zero-order valence-electron chi connectivity index (χ0n) is 13.8. The molecule has 1 N–H and O–H groups in total. The Hall–Kier alpha value is -2.78. The highest BCUT2D eigenvalue weighted by molar-refractivity contribution is 6.31. The van der Waals surface area contributed by atoms with Crippen LogP contribution in [0.1, 0.15) is 21.5 Å². The molecule has 3 aromatic rings. The van der Waals surface area contributed by atoms with Gasteiger partial charge < -0.3 is 10.1 Å². The maximum Gasteiger partial charge on any atom is 0.255 e. The average molecular weight is 352 g/mol. The molecule has 0 fully saturated rings. The molecule has 4 heteroatoms. The Kier molecular flexibility index (Phi) is 5.36. The highest BCUT2D eigenvalue weighted by Crippen LogP contribution is 2.20. The fourth-order valence-corrected chi connectivity index (χ4v) is 2.62. The van der Waals surface area contributed by atoms with Gasteiger partial charge in [0.25, 0.3) is 5.91 Å². The molecule has 0 aliphatic carbocycles. The third-order valence-electron chi connectivity index (χ3n) is 3.72. The second-order valence-electron chi connectivity index (χ2n) is 5.73. The lowest BCUT2D eigenvalue weighted by Gasteiger charge is -2.10. The molecule has 0 spiro atoms. The molecule has 3 nitrogen and oxygen atoms in total. The van der Waals surface area contributed by atoms with Crippen LogP contribution in [-0.2, 0) is 6.61 Å². The topological polar surface area (TPSA) is 38.3 Å². The van der Waals surface area contributed by atoms with Crippen molar-refractivity contribution >= 4 is 23.2 Å². The predicted molar refractivity (Wildman–Crippen MR) is 101 cm³/mol. The van der Waals surface area contributed by atoms with Crippen molar-refractivity contribution in [3.05, 3.63) is 94.5 Å². The number of halogens is 1. The number of anilines is 1. The van der Waals surface area contributed by atoms with Crippen molar-refractivity contribution in [2.24, 2.45) is 0 Å². The Morgan fingerprint density at radius 2 is 1.80 bits per heavy atom. The van der Waals surface area contributed by atoms with E-state index in [2.05, 4.69) is 5.32 Å². The average Bonchev–Trinajstić information content (AvgIpc) is 2.61. The molecule has 0 saturated carbocycles. The normalized spacial score (nSPS) is 10.3. The van der Waals surface area contributed by atoms with E-state index in [1.807, 2.05) is 61.5 Å². The second kappa shape index (κ2) is 7.86. The summed E-state index contributed by atoms with van der Waals surface area (Å²) in [6, 6.07) is 22.3. The van der Waals surface area contributed by atoms with Gasteiger partial charge >= 0.3 is 0 Å². The van der Waals surface area contributed by atoms with E-state index in [9.17, 15) is 4.79 Å². The summed E-state index contributed by atoms with van der Waals surface area (Å²) in [6.45, 7) is 2.33. The lowest BCUT2D eigenvalue weighted by Crippen LogP contribution is -2.12. The highest BCUT2D eigenvalue weighted by Gasteiger charge is 2.08. The fraction of sp³-hybridized carbons (Fsp3) is 0.0952. The molecule has 3 rings (SSSR count). The molecule has 0 bridgehead atoms. The first-order valence-corrected chi connectivity index (χ1v) is 8.34. The van der Waals surface area contributed by atoms with E-state index >= 15 is 0 Å². The SMILES string of the molecule is Cc1cccc(NC(=O)c2cccc(OCc3ccccc3Cl)c2)c1. The standard InChI is InChI=1S/C21H18ClNO2/c1-15-6-4-9-18(12-15)23-21(24)16-8-5-10-19(13-16)25-14-17-7-2-3-11-20(17)22/h2-13H,14H2,1H3,(H,23,24). The quantitative estimate of drug-likeness (QED) is 0.661. The van der Waals surface area contributed by atoms with E-state index in [0.717, 1.165) is 16.8 Å². The largest absolute Gasteiger partial charge is 0.489 e. The highest BCUT2D eigenvalue weighted by atomic mass is 35.5. The van der Waals surface area contributed by atoms with Gasteiger partial charge in [0.1, 0.15) is 12.4 Å². The third kappa shape index (κ3) is 4.61. The molecule has 1 amide bonds. The Morgan fingerprint density at radius 1 is 1.00 bits per heavy atom. The van der Waals surface area contributed by atoms with E-state index < -0.39 is 0 Å². The zero-order valence-corrected chi connectivity index (χ0v) is 14.6. The molecule has 0 aliphatic heterocycles. The number of nitrogens with one attached hydrogen (secondary N) is 1. The van der Waals surface area contributed by atoms with Crippen LogP contribution in [0.3, 0.4) is 0 Å². The Labute approximate surface area is 152 Å². The monoisotopic (exact) mass is 351 g/mol. The number of aryl methyl sites for hydroxylation is 1. The van der Waals surface area contributed by atoms with Crippen LogP contribution < -0.4 is 10.1 Å². The summed E-state index contributed by atoms with van der Waals surface area (Å²) in [5.74, 6) is 0.450. The van der Waals surface area contributed by atoms with Crippen LogP contribution in [0.25, 0.3) is 0 Å². The lowest BCUT2D eigenvalue weighted by atomic mass is 10.1. The van der Waals surface area contributed by atoms with E-state index in [-0.39, 0.29) is 5.91 Å². The van der Waals surface area contributed by atoms with Gasteiger partial charge in [-0.2, -0.15) is 0 Å². The number of ether oxygens (including phenoxy) is 1.